The average molecular weight is 386 g/mol. The third-order valence-corrected chi connectivity index (χ3v) is 3.12. The molecule has 0 bridgehead atoms. The molecule has 19 heavy (non-hydrogen) atoms. The summed E-state index contributed by atoms with van der Waals surface area (Å²) in [5, 5.41) is 22.7. The fraction of sp³-hybridized carbons (Fsp3) is 0.429. The van der Waals surface area contributed by atoms with Crippen LogP contribution >= 0.6 is 0 Å². The molecular weight excluding hydrogens is 369 g/mol. The average Bonchev–Trinajstić information content (AvgIpc) is 2.35. The molecule has 0 aliphatic rings. The van der Waals surface area contributed by atoms with E-state index in [1.165, 1.54) is 12.1 Å². The first-order valence-electron chi connectivity index (χ1n) is 6.04. The van der Waals surface area contributed by atoms with Crippen LogP contribution in [0.25, 0.3) is 0 Å². The van der Waals surface area contributed by atoms with E-state index in [1.54, 1.807) is 18.2 Å². The third-order valence-electron chi connectivity index (χ3n) is 3.12. The Kier molecular flexibility index (Phi) is 8.69. The maximum Gasteiger partial charge on any atom is 2.00 e. The van der Waals surface area contributed by atoms with Crippen molar-refractivity contribution in [3.63, 3.8) is 0 Å². The molecule has 0 atom stereocenters. The summed E-state index contributed by atoms with van der Waals surface area (Å²) in [4.78, 5) is 22.7. The van der Waals surface area contributed by atoms with E-state index in [1.807, 2.05) is 6.92 Å². The Hall–Kier alpha value is -0.269. The second kappa shape index (κ2) is 8.81. The van der Waals surface area contributed by atoms with E-state index in [-0.39, 0.29) is 60.9 Å². The second-order valence-electron chi connectivity index (χ2n) is 4.30. The van der Waals surface area contributed by atoms with Gasteiger partial charge in [0.2, 0.25) is 0 Å². The van der Waals surface area contributed by atoms with Crippen LogP contribution in [0.2, 0.25) is 0 Å². The topological polar surface area (TPSA) is 80.3 Å². The first-order valence-corrected chi connectivity index (χ1v) is 6.04. The van der Waals surface area contributed by atoms with Crippen LogP contribution in [-0.2, 0) is 15.0 Å². The van der Waals surface area contributed by atoms with Gasteiger partial charge in [0.25, 0.3) is 0 Å². The van der Waals surface area contributed by atoms with E-state index >= 15 is 0 Å². The number of carbonyl (C=O) groups excluding carboxylic acids is 2. The Labute approximate surface area is 153 Å². The molecular formula is C14H16BaO4. The standard InChI is InChI=1S/C14H18O4.Ba/c1-2-3-7-10-14(12(15)16,13(17)18)11-8-5-4-6-9-11;/h4-6,8-9H,2-3,7,10H2,1H3,(H,15,16)(H,17,18);/q;+2/p-2. The van der Waals surface area contributed by atoms with Gasteiger partial charge in [0.05, 0.1) is 17.4 Å². The summed E-state index contributed by atoms with van der Waals surface area (Å²) in [5.41, 5.74) is -1.84. The minimum atomic E-state index is -2.05. The molecule has 0 saturated carbocycles. The molecule has 1 aromatic carbocycles. The molecule has 0 amide bonds. The molecule has 0 unspecified atom stereocenters. The van der Waals surface area contributed by atoms with Gasteiger partial charge in [-0.1, -0.05) is 56.5 Å². The van der Waals surface area contributed by atoms with Crippen LogP contribution in [0.5, 0.6) is 0 Å². The molecule has 0 heterocycles. The van der Waals surface area contributed by atoms with Gasteiger partial charge < -0.3 is 19.8 Å². The Morgan fingerprint density at radius 2 is 1.58 bits per heavy atom. The third kappa shape index (κ3) is 4.36. The summed E-state index contributed by atoms with van der Waals surface area (Å²) in [6.07, 6.45) is 2.16. The number of hydrogen-bond acceptors (Lipinski definition) is 4. The van der Waals surface area contributed by atoms with Gasteiger partial charge in [-0.05, 0) is 12.0 Å². The van der Waals surface area contributed by atoms with Crippen LogP contribution in [-0.4, -0.2) is 60.8 Å². The van der Waals surface area contributed by atoms with E-state index in [2.05, 4.69) is 0 Å². The molecule has 0 saturated heterocycles. The zero-order valence-corrected chi connectivity index (χ0v) is 15.5. The van der Waals surface area contributed by atoms with Crippen LogP contribution in [0, 0.1) is 0 Å². The quantitative estimate of drug-likeness (QED) is 0.364. The molecule has 0 N–H and O–H groups in total. The van der Waals surface area contributed by atoms with Gasteiger partial charge in [0, 0.05) is 0 Å². The van der Waals surface area contributed by atoms with Crippen LogP contribution in [0.15, 0.2) is 30.3 Å². The predicted molar refractivity (Wildman–Crippen MR) is 68.0 cm³/mol. The van der Waals surface area contributed by atoms with Crippen molar-refractivity contribution >= 4 is 60.8 Å². The summed E-state index contributed by atoms with van der Waals surface area (Å²) in [5.74, 6) is -3.21. The number of unbranched alkanes of at least 4 members (excludes halogenated alkanes) is 2. The van der Waals surface area contributed by atoms with E-state index in [0.717, 1.165) is 12.8 Å². The van der Waals surface area contributed by atoms with Gasteiger partial charge in [-0.2, -0.15) is 0 Å². The largest absolute Gasteiger partial charge is 2.00 e. The molecule has 0 aromatic heterocycles. The van der Waals surface area contributed by atoms with Gasteiger partial charge in [-0.15, -0.1) is 0 Å². The molecule has 4 nitrogen and oxygen atoms in total. The van der Waals surface area contributed by atoms with Gasteiger partial charge in [-0.3, -0.25) is 0 Å². The Morgan fingerprint density at radius 1 is 1.05 bits per heavy atom. The molecule has 0 fully saturated rings. The number of hydrogen-bond donors (Lipinski definition) is 0. The van der Waals surface area contributed by atoms with Crippen LogP contribution in [0.3, 0.4) is 0 Å². The number of carbonyl (C=O) groups is 2. The molecule has 0 radical (unpaired) electrons. The number of carboxylic acids is 2. The van der Waals surface area contributed by atoms with Crippen molar-refractivity contribution in [3.05, 3.63) is 35.9 Å². The minimum absolute atomic E-state index is 0. The van der Waals surface area contributed by atoms with Crippen molar-refractivity contribution < 1.29 is 19.8 Å². The molecule has 0 aliphatic heterocycles. The summed E-state index contributed by atoms with van der Waals surface area (Å²) >= 11 is 0. The second-order valence-corrected chi connectivity index (χ2v) is 4.30. The Balaban J connectivity index is 0.00000324. The molecule has 5 heteroatoms. The van der Waals surface area contributed by atoms with E-state index in [9.17, 15) is 19.8 Å². The maximum atomic E-state index is 11.3. The van der Waals surface area contributed by atoms with Gasteiger partial charge >= 0.3 is 48.9 Å². The zero-order chi connectivity index (χ0) is 13.6. The van der Waals surface area contributed by atoms with E-state index in [0.29, 0.717) is 6.42 Å². The van der Waals surface area contributed by atoms with Crippen LogP contribution in [0.4, 0.5) is 0 Å². The van der Waals surface area contributed by atoms with E-state index < -0.39 is 17.4 Å². The minimum Gasteiger partial charge on any atom is -0.549 e. The van der Waals surface area contributed by atoms with Crippen molar-refractivity contribution in [2.75, 3.05) is 0 Å². The fourth-order valence-electron chi connectivity index (χ4n) is 2.03. The SMILES string of the molecule is CCCCCC(C(=O)[O-])(C(=O)[O-])c1ccccc1.[Ba+2]. The van der Waals surface area contributed by atoms with E-state index in [4.69, 9.17) is 0 Å². The maximum absolute atomic E-state index is 11.3. The molecule has 1 rings (SSSR count). The first-order chi connectivity index (χ1) is 8.55. The first kappa shape index (κ1) is 18.7. The van der Waals surface area contributed by atoms with Crippen molar-refractivity contribution in [2.45, 2.75) is 38.0 Å². The van der Waals surface area contributed by atoms with Gasteiger partial charge in [-0.25, -0.2) is 0 Å². The Morgan fingerprint density at radius 3 is 2.00 bits per heavy atom. The van der Waals surface area contributed by atoms with Gasteiger partial charge in [0.1, 0.15) is 0 Å². The van der Waals surface area contributed by atoms with Crippen LogP contribution < -0.4 is 10.2 Å². The summed E-state index contributed by atoms with van der Waals surface area (Å²) in [7, 11) is 0. The van der Waals surface area contributed by atoms with Crippen molar-refractivity contribution in [2.24, 2.45) is 0 Å². The molecule has 1 aromatic rings. The predicted octanol–water partition coefficient (Wildman–Crippen LogP) is -0.376. The summed E-state index contributed by atoms with van der Waals surface area (Å²) in [6, 6.07) is 7.88. The number of carboxylic acid groups (broad SMARTS) is 2. The van der Waals surface area contributed by atoms with Gasteiger partial charge in [0.15, 0.2) is 0 Å². The zero-order valence-electron chi connectivity index (χ0n) is 11.1. The number of rotatable bonds is 7. The van der Waals surface area contributed by atoms with Crippen molar-refractivity contribution in [3.8, 4) is 0 Å². The van der Waals surface area contributed by atoms with Crippen LogP contribution in [0.1, 0.15) is 38.2 Å². The normalized spacial score (nSPS) is 10.6. The monoisotopic (exact) mass is 386 g/mol. The fourth-order valence-corrected chi connectivity index (χ4v) is 2.03. The molecule has 0 spiro atoms. The van der Waals surface area contributed by atoms with Crippen molar-refractivity contribution in [1.82, 2.24) is 0 Å². The smallest absolute Gasteiger partial charge is 0.549 e. The van der Waals surface area contributed by atoms with Crippen molar-refractivity contribution in [1.29, 1.82) is 0 Å². The summed E-state index contributed by atoms with van der Waals surface area (Å²) in [6.45, 7) is 1.96. The number of aliphatic carboxylic acids is 2. The summed E-state index contributed by atoms with van der Waals surface area (Å²) < 4.78 is 0. The molecule has 0 aliphatic carbocycles. The Bertz CT molecular complexity index is 403. The molecule has 98 valence electrons. The number of benzene rings is 1.